The Kier molecular flexibility index (Phi) is 8.10. The van der Waals surface area contributed by atoms with E-state index >= 15 is 0 Å². The predicted octanol–water partition coefficient (Wildman–Crippen LogP) is 0.525. The molecule has 0 spiro atoms. The molecule has 1 aliphatic rings. The minimum absolute atomic E-state index is 0.162. The predicted molar refractivity (Wildman–Crippen MR) is 102 cm³/mol. The van der Waals surface area contributed by atoms with Gasteiger partial charge in [0.2, 0.25) is 5.91 Å². The van der Waals surface area contributed by atoms with E-state index in [9.17, 15) is 24.6 Å². The lowest BCUT2D eigenvalue weighted by Gasteiger charge is -2.26. The number of ether oxygens (including phenoxy) is 1. The van der Waals surface area contributed by atoms with Gasteiger partial charge in [0.25, 0.3) is 0 Å². The first-order chi connectivity index (χ1) is 13.3. The summed E-state index contributed by atoms with van der Waals surface area (Å²) in [5.74, 6) is -3.27. The fourth-order valence-corrected chi connectivity index (χ4v) is 3.05. The molecule has 0 saturated carbocycles. The zero-order valence-corrected chi connectivity index (χ0v) is 16.3. The van der Waals surface area contributed by atoms with Crippen LogP contribution in [-0.4, -0.2) is 71.7 Å². The molecule has 0 unspecified atom stereocenters. The van der Waals surface area contributed by atoms with Crippen LogP contribution in [0.15, 0.2) is 24.3 Å². The Morgan fingerprint density at radius 1 is 1.18 bits per heavy atom. The van der Waals surface area contributed by atoms with Crippen LogP contribution in [0.3, 0.4) is 0 Å². The van der Waals surface area contributed by atoms with Gasteiger partial charge < -0.3 is 20.3 Å². The van der Waals surface area contributed by atoms with Gasteiger partial charge in [0, 0.05) is 19.5 Å². The average Bonchev–Trinajstić information content (AvgIpc) is 2.66. The number of carbonyl (C=O) groups is 3. The number of rotatable bonds is 9. The fraction of sp³-hybridized carbons (Fsp3) is 0.550. The number of benzene rings is 1. The molecule has 8 nitrogen and oxygen atoms in total. The lowest BCUT2D eigenvalue weighted by molar-refractivity contribution is -0.148. The van der Waals surface area contributed by atoms with E-state index in [0.29, 0.717) is 31.9 Å². The quantitative estimate of drug-likeness (QED) is 0.561. The van der Waals surface area contributed by atoms with Crippen molar-refractivity contribution in [1.29, 1.82) is 0 Å². The monoisotopic (exact) mass is 392 g/mol. The summed E-state index contributed by atoms with van der Waals surface area (Å²) in [6.07, 6.45) is -1.68. The molecule has 1 aliphatic heterocycles. The van der Waals surface area contributed by atoms with E-state index in [1.54, 1.807) is 24.3 Å². The summed E-state index contributed by atoms with van der Waals surface area (Å²) in [4.78, 5) is 38.1. The molecule has 1 amide bonds. The van der Waals surface area contributed by atoms with Crippen molar-refractivity contribution in [2.24, 2.45) is 5.92 Å². The standard InChI is InChI=1S/C20H28N2O6/c1-13-3-5-15(6-4-13)19(25)16(20(26)27)11-17(23)14(2)21-18(24)12-22-7-9-28-10-8-22/h3-6,14,16,19,25H,7-12H2,1-2H3,(H,21,24)(H,26,27)/t14-,16-,19+/m0/s1. The summed E-state index contributed by atoms with van der Waals surface area (Å²) < 4.78 is 5.23. The van der Waals surface area contributed by atoms with Crippen molar-refractivity contribution in [3.63, 3.8) is 0 Å². The fourth-order valence-electron chi connectivity index (χ4n) is 3.05. The van der Waals surface area contributed by atoms with Crippen molar-refractivity contribution < 1.29 is 29.3 Å². The maximum atomic E-state index is 12.5. The van der Waals surface area contributed by atoms with Gasteiger partial charge in [0.15, 0.2) is 5.78 Å². The van der Waals surface area contributed by atoms with Crippen molar-refractivity contribution in [3.8, 4) is 0 Å². The highest BCUT2D eigenvalue weighted by Crippen LogP contribution is 2.26. The third kappa shape index (κ3) is 6.40. The van der Waals surface area contributed by atoms with Crippen molar-refractivity contribution >= 4 is 17.7 Å². The summed E-state index contributed by atoms with van der Waals surface area (Å²) >= 11 is 0. The molecule has 1 heterocycles. The van der Waals surface area contributed by atoms with Crippen LogP contribution in [0.5, 0.6) is 0 Å². The molecule has 3 N–H and O–H groups in total. The van der Waals surface area contributed by atoms with Gasteiger partial charge in [-0.3, -0.25) is 19.3 Å². The van der Waals surface area contributed by atoms with Crippen LogP contribution < -0.4 is 5.32 Å². The van der Waals surface area contributed by atoms with Crippen molar-refractivity contribution in [3.05, 3.63) is 35.4 Å². The molecule has 0 aromatic heterocycles. The molecule has 1 saturated heterocycles. The first kappa shape index (κ1) is 22.0. The van der Waals surface area contributed by atoms with E-state index in [1.165, 1.54) is 6.92 Å². The average molecular weight is 392 g/mol. The molecular weight excluding hydrogens is 364 g/mol. The van der Waals surface area contributed by atoms with Crippen LogP contribution in [-0.2, 0) is 19.1 Å². The lowest BCUT2D eigenvalue weighted by Crippen LogP contribution is -2.47. The third-order valence-electron chi connectivity index (χ3n) is 4.87. The third-order valence-corrected chi connectivity index (χ3v) is 4.87. The highest BCUT2D eigenvalue weighted by Gasteiger charge is 2.32. The Labute approximate surface area is 164 Å². The summed E-state index contributed by atoms with van der Waals surface area (Å²) in [5.41, 5.74) is 1.42. The number of hydrogen-bond donors (Lipinski definition) is 3. The summed E-state index contributed by atoms with van der Waals surface area (Å²) in [5, 5.41) is 22.5. The number of hydrogen-bond acceptors (Lipinski definition) is 6. The number of aliphatic hydroxyl groups excluding tert-OH is 1. The second-order valence-corrected chi connectivity index (χ2v) is 7.15. The number of aliphatic hydroxyl groups is 1. The van der Waals surface area contributed by atoms with E-state index in [0.717, 1.165) is 5.56 Å². The van der Waals surface area contributed by atoms with Gasteiger partial charge in [-0.2, -0.15) is 0 Å². The molecule has 1 aromatic rings. The molecule has 28 heavy (non-hydrogen) atoms. The maximum Gasteiger partial charge on any atom is 0.309 e. The number of aliphatic carboxylic acids is 1. The molecule has 154 valence electrons. The summed E-state index contributed by atoms with van der Waals surface area (Å²) in [6, 6.07) is 6.00. The van der Waals surface area contributed by atoms with Gasteiger partial charge in [-0.15, -0.1) is 0 Å². The number of carbonyl (C=O) groups excluding carboxylic acids is 2. The lowest BCUT2D eigenvalue weighted by atomic mass is 9.89. The summed E-state index contributed by atoms with van der Waals surface area (Å²) in [7, 11) is 0. The van der Waals surface area contributed by atoms with Crippen molar-refractivity contribution in [2.75, 3.05) is 32.8 Å². The van der Waals surface area contributed by atoms with Gasteiger partial charge >= 0.3 is 5.97 Å². The number of amides is 1. The second kappa shape index (κ2) is 10.3. The number of morpholine rings is 1. The van der Waals surface area contributed by atoms with Crippen LogP contribution in [0.2, 0.25) is 0 Å². The van der Waals surface area contributed by atoms with Crippen LogP contribution >= 0.6 is 0 Å². The second-order valence-electron chi connectivity index (χ2n) is 7.15. The van der Waals surface area contributed by atoms with E-state index in [1.807, 2.05) is 11.8 Å². The Morgan fingerprint density at radius 3 is 2.36 bits per heavy atom. The van der Waals surface area contributed by atoms with Gasteiger partial charge in [-0.1, -0.05) is 29.8 Å². The van der Waals surface area contributed by atoms with Gasteiger partial charge in [0.05, 0.1) is 37.8 Å². The van der Waals surface area contributed by atoms with E-state index in [4.69, 9.17) is 4.74 Å². The minimum Gasteiger partial charge on any atom is -0.481 e. The number of carboxylic acids is 1. The molecule has 0 radical (unpaired) electrons. The molecule has 1 aromatic carbocycles. The van der Waals surface area contributed by atoms with Crippen LogP contribution in [0.4, 0.5) is 0 Å². The van der Waals surface area contributed by atoms with E-state index in [-0.39, 0.29) is 18.9 Å². The first-order valence-electron chi connectivity index (χ1n) is 9.37. The van der Waals surface area contributed by atoms with Gasteiger partial charge in [-0.05, 0) is 19.4 Å². The normalized spacial score (nSPS) is 18.1. The van der Waals surface area contributed by atoms with Crippen molar-refractivity contribution in [2.45, 2.75) is 32.4 Å². The Hall–Kier alpha value is -2.29. The highest BCUT2D eigenvalue weighted by molar-refractivity contribution is 5.91. The SMILES string of the molecule is Cc1ccc([C@@H](O)[C@H](CC(=O)[C@H](C)NC(=O)CN2CCOCC2)C(=O)O)cc1. The van der Waals surface area contributed by atoms with Crippen molar-refractivity contribution in [1.82, 2.24) is 10.2 Å². The number of nitrogens with one attached hydrogen (secondary N) is 1. The first-order valence-corrected chi connectivity index (χ1v) is 9.37. The molecule has 3 atom stereocenters. The number of carboxylic acid groups (broad SMARTS) is 1. The molecule has 1 fully saturated rings. The molecule has 0 bridgehead atoms. The van der Waals surface area contributed by atoms with Gasteiger partial charge in [0.1, 0.15) is 0 Å². The Bertz CT molecular complexity index is 684. The maximum absolute atomic E-state index is 12.5. The topological polar surface area (TPSA) is 116 Å². The number of aryl methyl sites for hydroxylation is 1. The number of ketones is 1. The van der Waals surface area contributed by atoms with Gasteiger partial charge in [-0.25, -0.2) is 0 Å². The number of nitrogens with zero attached hydrogens (tertiary/aromatic N) is 1. The molecule has 0 aliphatic carbocycles. The molecule has 8 heteroatoms. The summed E-state index contributed by atoms with van der Waals surface area (Å²) in [6.45, 7) is 6.01. The van der Waals surface area contributed by atoms with Crippen LogP contribution in [0.25, 0.3) is 0 Å². The largest absolute Gasteiger partial charge is 0.481 e. The number of Topliss-reactive ketones (excluding diaryl/α,β-unsaturated/α-hetero) is 1. The van der Waals surface area contributed by atoms with E-state index in [2.05, 4.69) is 5.32 Å². The van der Waals surface area contributed by atoms with Crippen LogP contribution in [0.1, 0.15) is 30.6 Å². The van der Waals surface area contributed by atoms with E-state index < -0.39 is 29.8 Å². The zero-order chi connectivity index (χ0) is 20.7. The molecule has 2 rings (SSSR count). The Balaban J connectivity index is 1.92. The minimum atomic E-state index is -1.31. The molecular formula is C20H28N2O6. The highest BCUT2D eigenvalue weighted by atomic mass is 16.5. The zero-order valence-electron chi connectivity index (χ0n) is 16.3. The smallest absolute Gasteiger partial charge is 0.309 e. The van der Waals surface area contributed by atoms with Crippen LogP contribution in [0, 0.1) is 12.8 Å². The Morgan fingerprint density at radius 2 is 1.79 bits per heavy atom.